The fourth-order valence-electron chi connectivity index (χ4n) is 5.62. The van der Waals surface area contributed by atoms with Gasteiger partial charge in [-0.1, -0.05) is 137 Å². The van der Waals surface area contributed by atoms with Crippen molar-refractivity contribution in [2.24, 2.45) is 0 Å². The van der Waals surface area contributed by atoms with Crippen molar-refractivity contribution in [3.8, 4) is 0 Å². The van der Waals surface area contributed by atoms with Crippen LogP contribution in [0, 0.1) is 0 Å². The summed E-state index contributed by atoms with van der Waals surface area (Å²) in [6, 6.07) is 0. The van der Waals surface area contributed by atoms with Crippen molar-refractivity contribution in [1.82, 2.24) is 4.90 Å². The van der Waals surface area contributed by atoms with E-state index in [-0.39, 0.29) is 11.1 Å². The van der Waals surface area contributed by atoms with Crippen LogP contribution in [0.3, 0.4) is 0 Å². The third kappa shape index (κ3) is 27.1. The van der Waals surface area contributed by atoms with Crippen LogP contribution >= 0.6 is 0 Å². The minimum Gasteiger partial charge on any atom is -0.434 e. The van der Waals surface area contributed by atoms with Gasteiger partial charge in [-0.2, -0.15) is 0 Å². The first-order chi connectivity index (χ1) is 21.9. The van der Waals surface area contributed by atoms with Crippen molar-refractivity contribution in [1.29, 1.82) is 0 Å². The Bertz CT molecular complexity index is 719. The molecule has 0 aromatic carbocycles. The maximum absolute atomic E-state index is 12.4. The van der Waals surface area contributed by atoms with E-state index in [1.165, 1.54) is 103 Å². The summed E-state index contributed by atoms with van der Waals surface area (Å²) < 4.78 is 18.0. The van der Waals surface area contributed by atoms with Crippen LogP contribution in [0.1, 0.15) is 182 Å². The Morgan fingerprint density at radius 2 is 1.15 bits per heavy atom. The van der Waals surface area contributed by atoms with Gasteiger partial charge in [0.05, 0.1) is 6.61 Å². The SMILES string of the molecule is CCCCCCCCCCC(CCCCCCCC=CC[C@@H](CCCCCC)O[Si](C)(C)C(C)(C)C)OC(=O)OCCCN(C)C. The number of allylic oxidation sites excluding steroid dienone is 1. The Balaban J connectivity index is 4.43. The zero-order chi connectivity index (χ0) is 34.5. The summed E-state index contributed by atoms with van der Waals surface area (Å²) in [7, 11) is 2.32. The van der Waals surface area contributed by atoms with Gasteiger partial charge in [-0.25, -0.2) is 4.79 Å². The first-order valence-electron chi connectivity index (χ1n) is 19.7. The van der Waals surface area contributed by atoms with Gasteiger partial charge >= 0.3 is 6.16 Å². The van der Waals surface area contributed by atoms with E-state index in [0.29, 0.717) is 12.7 Å². The van der Waals surface area contributed by atoms with Crippen LogP contribution in [-0.4, -0.2) is 58.8 Å². The molecule has 0 aliphatic rings. The molecule has 0 N–H and O–H groups in total. The number of unbranched alkanes of at least 4 members (excludes halogenated alkanes) is 15. The molecule has 6 heteroatoms. The van der Waals surface area contributed by atoms with Crippen LogP contribution < -0.4 is 0 Å². The average molecular weight is 668 g/mol. The number of hydrogen-bond donors (Lipinski definition) is 0. The lowest BCUT2D eigenvalue weighted by atomic mass is 10.0. The van der Waals surface area contributed by atoms with Crippen molar-refractivity contribution in [3.05, 3.63) is 12.2 Å². The summed E-state index contributed by atoms with van der Waals surface area (Å²) in [5, 5.41) is 0.257. The molecule has 0 aliphatic heterocycles. The number of carbonyl (C=O) groups excluding carboxylic acids is 1. The number of ether oxygens (including phenoxy) is 2. The van der Waals surface area contributed by atoms with Crippen LogP contribution in [0.2, 0.25) is 18.1 Å². The molecule has 5 nitrogen and oxygen atoms in total. The fraction of sp³-hybridized carbons (Fsp3) is 0.925. The minimum atomic E-state index is -1.75. The molecule has 0 saturated carbocycles. The van der Waals surface area contributed by atoms with E-state index in [1.807, 2.05) is 14.1 Å². The van der Waals surface area contributed by atoms with E-state index in [4.69, 9.17) is 13.9 Å². The molecular formula is C40H81NO4Si. The number of carbonyl (C=O) groups is 1. The van der Waals surface area contributed by atoms with Gasteiger partial charge in [0.2, 0.25) is 0 Å². The van der Waals surface area contributed by atoms with Crippen LogP contribution in [0.15, 0.2) is 12.2 Å². The zero-order valence-electron chi connectivity index (χ0n) is 32.6. The molecule has 0 fully saturated rings. The second kappa shape index (κ2) is 29.1. The Kier molecular flexibility index (Phi) is 28.6. The van der Waals surface area contributed by atoms with Crippen molar-refractivity contribution in [3.63, 3.8) is 0 Å². The molecule has 46 heavy (non-hydrogen) atoms. The van der Waals surface area contributed by atoms with Gasteiger partial charge in [0.15, 0.2) is 8.32 Å². The quantitative estimate of drug-likeness (QED) is 0.0319. The van der Waals surface area contributed by atoms with Gasteiger partial charge in [-0.05, 0) is 90.0 Å². The molecule has 0 rings (SSSR count). The van der Waals surface area contributed by atoms with E-state index >= 15 is 0 Å². The summed E-state index contributed by atoms with van der Waals surface area (Å²) in [5.41, 5.74) is 0. The van der Waals surface area contributed by atoms with Crippen molar-refractivity contribution in [2.45, 2.75) is 213 Å². The smallest absolute Gasteiger partial charge is 0.434 e. The van der Waals surface area contributed by atoms with E-state index in [2.05, 4.69) is 64.8 Å². The maximum Gasteiger partial charge on any atom is 0.508 e. The first kappa shape index (κ1) is 45.1. The van der Waals surface area contributed by atoms with Gasteiger partial charge in [0, 0.05) is 12.6 Å². The predicted octanol–water partition coefficient (Wildman–Crippen LogP) is 13.0. The molecule has 0 amide bonds. The molecule has 0 heterocycles. The van der Waals surface area contributed by atoms with Gasteiger partial charge in [0.25, 0.3) is 0 Å². The van der Waals surface area contributed by atoms with E-state index in [1.54, 1.807) is 0 Å². The molecule has 2 atom stereocenters. The highest BCUT2D eigenvalue weighted by Gasteiger charge is 2.38. The second-order valence-corrected chi connectivity index (χ2v) is 20.4. The lowest BCUT2D eigenvalue weighted by Crippen LogP contribution is -2.43. The highest BCUT2D eigenvalue weighted by Crippen LogP contribution is 2.38. The molecule has 0 radical (unpaired) electrons. The van der Waals surface area contributed by atoms with Crippen molar-refractivity contribution < 1.29 is 18.7 Å². The van der Waals surface area contributed by atoms with Crippen LogP contribution in [0.5, 0.6) is 0 Å². The van der Waals surface area contributed by atoms with Crippen molar-refractivity contribution in [2.75, 3.05) is 27.2 Å². The number of hydrogen-bond acceptors (Lipinski definition) is 5. The van der Waals surface area contributed by atoms with E-state index < -0.39 is 14.5 Å². The molecule has 0 aromatic rings. The molecular weight excluding hydrogens is 587 g/mol. The number of nitrogens with zero attached hydrogens (tertiary/aromatic N) is 1. The van der Waals surface area contributed by atoms with Gasteiger partial charge in [0.1, 0.15) is 6.10 Å². The lowest BCUT2D eigenvalue weighted by molar-refractivity contribution is 0.0150. The summed E-state index contributed by atoms with van der Waals surface area (Å²) >= 11 is 0. The summed E-state index contributed by atoms with van der Waals surface area (Å²) in [4.78, 5) is 14.5. The van der Waals surface area contributed by atoms with Gasteiger partial charge < -0.3 is 18.8 Å². The normalized spacial score (nSPS) is 13.9. The Labute approximate surface area is 289 Å². The van der Waals surface area contributed by atoms with Crippen LogP contribution in [-0.2, 0) is 13.9 Å². The Morgan fingerprint density at radius 1 is 0.674 bits per heavy atom. The number of rotatable bonds is 31. The monoisotopic (exact) mass is 668 g/mol. The predicted molar refractivity (Wildman–Crippen MR) is 204 cm³/mol. The molecule has 1 unspecified atom stereocenters. The summed E-state index contributed by atoms with van der Waals surface area (Å²) in [6.45, 7) is 17.7. The highest BCUT2D eigenvalue weighted by molar-refractivity contribution is 6.74. The van der Waals surface area contributed by atoms with Crippen LogP contribution in [0.25, 0.3) is 0 Å². The zero-order valence-corrected chi connectivity index (χ0v) is 33.6. The third-order valence-corrected chi connectivity index (χ3v) is 14.3. The molecule has 0 spiro atoms. The minimum absolute atomic E-state index is 0.00664. The fourth-order valence-corrected chi connectivity index (χ4v) is 7.02. The Morgan fingerprint density at radius 3 is 1.67 bits per heavy atom. The van der Waals surface area contributed by atoms with Gasteiger partial charge in [-0.15, -0.1) is 0 Å². The standard InChI is InChI=1S/C40H81NO4Si/c1-10-12-14-16-17-20-23-27-31-37(44-39(42)43-36-30-35-41(6)7)32-28-24-21-18-19-22-25-29-34-38(33-26-15-13-11-2)45-46(8,9)40(3,4)5/h25,29,37-38H,10-24,26-28,30-36H2,1-9H3/t37?,38-/m1/s1. The summed E-state index contributed by atoms with van der Waals surface area (Å²) in [5.74, 6) is 0. The molecule has 0 aliphatic carbocycles. The Hall–Kier alpha value is -0.853. The highest BCUT2D eigenvalue weighted by atomic mass is 28.4. The largest absolute Gasteiger partial charge is 0.508 e. The second-order valence-electron chi connectivity index (χ2n) is 15.7. The van der Waals surface area contributed by atoms with Crippen molar-refractivity contribution >= 4 is 14.5 Å². The first-order valence-corrected chi connectivity index (χ1v) is 22.6. The van der Waals surface area contributed by atoms with E-state index in [9.17, 15) is 4.79 Å². The summed E-state index contributed by atoms with van der Waals surface area (Å²) in [6.07, 6.45) is 32.5. The van der Waals surface area contributed by atoms with E-state index in [0.717, 1.165) is 51.5 Å². The topological polar surface area (TPSA) is 48.0 Å². The molecule has 0 saturated heterocycles. The average Bonchev–Trinajstić information content (AvgIpc) is 2.98. The van der Waals surface area contributed by atoms with Crippen LogP contribution in [0.4, 0.5) is 4.79 Å². The molecule has 274 valence electrons. The maximum atomic E-state index is 12.4. The molecule has 0 aromatic heterocycles. The lowest BCUT2D eigenvalue weighted by Gasteiger charge is -2.39. The molecule has 0 bridgehead atoms. The van der Waals surface area contributed by atoms with Gasteiger partial charge in [-0.3, -0.25) is 0 Å². The third-order valence-electron chi connectivity index (χ3n) is 9.72.